The van der Waals surface area contributed by atoms with Gasteiger partial charge in [0.05, 0.1) is 9.79 Å². The Labute approximate surface area is 118 Å². The van der Waals surface area contributed by atoms with Crippen molar-refractivity contribution in [2.24, 2.45) is 0 Å². The first kappa shape index (κ1) is 15.4. The molecule has 1 aliphatic carbocycles. The van der Waals surface area contributed by atoms with Crippen molar-refractivity contribution < 1.29 is 20.7 Å². The van der Waals surface area contributed by atoms with Crippen molar-refractivity contribution in [3.8, 4) is 0 Å². The average molecular weight is 321 g/mol. The molecular weight excluding hydrogens is 305 g/mol. The van der Waals surface area contributed by atoms with Crippen LogP contribution in [0, 0.1) is 0 Å². The lowest BCUT2D eigenvalue weighted by Gasteiger charge is -2.23. The summed E-state index contributed by atoms with van der Waals surface area (Å²) in [6.07, 6.45) is 3.66. The van der Waals surface area contributed by atoms with Crippen molar-refractivity contribution in [2.45, 2.75) is 41.5 Å². The van der Waals surface area contributed by atoms with E-state index in [0.29, 0.717) is 0 Å². The summed E-state index contributed by atoms with van der Waals surface area (Å²) >= 11 is 0. The van der Waals surface area contributed by atoms with Gasteiger partial charge in [0.25, 0.3) is 0 Å². The van der Waals surface area contributed by atoms with Gasteiger partial charge >= 0.3 is 10.2 Å². The zero-order valence-electron chi connectivity index (χ0n) is 11.0. The molecule has 1 aliphatic rings. The summed E-state index contributed by atoms with van der Waals surface area (Å²) in [5.41, 5.74) is 0. The van der Waals surface area contributed by atoms with Crippen LogP contribution < -0.4 is 0 Å². The van der Waals surface area contributed by atoms with E-state index in [9.17, 15) is 20.7 Å². The Kier molecular flexibility index (Phi) is 4.17. The zero-order valence-corrected chi connectivity index (χ0v) is 12.6. The molecule has 1 aromatic carbocycles. The van der Waals surface area contributed by atoms with Gasteiger partial charge in [0.1, 0.15) is 0 Å². The second kappa shape index (κ2) is 5.42. The number of sulfonamides is 1. The maximum Gasteiger partial charge on any atom is 0.332 e. The quantitative estimate of drug-likeness (QED) is 0.794. The van der Waals surface area contributed by atoms with E-state index in [1.165, 1.54) is 11.4 Å². The molecular formula is C12H16FNO4S2. The number of nitrogens with zero attached hydrogens (tertiary/aromatic N) is 1. The third-order valence-corrected chi connectivity index (χ3v) is 6.38. The van der Waals surface area contributed by atoms with Crippen LogP contribution in [0.25, 0.3) is 0 Å². The molecule has 0 spiro atoms. The van der Waals surface area contributed by atoms with Gasteiger partial charge in [0, 0.05) is 13.1 Å². The third-order valence-electron chi connectivity index (χ3n) is 3.62. The summed E-state index contributed by atoms with van der Waals surface area (Å²) in [6.45, 7) is 0. The van der Waals surface area contributed by atoms with Crippen LogP contribution in [0.2, 0.25) is 0 Å². The molecule has 8 heteroatoms. The fourth-order valence-corrected chi connectivity index (χ4v) is 4.28. The summed E-state index contributed by atoms with van der Waals surface area (Å²) in [7, 11) is -6.96. The number of hydrogen-bond donors (Lipinski definition) is 0. The molecule has 0 heterocycles. The van der Waals surface area contributed by atoms with Gasteiger partial charge in [-0.05, 0) is 37.1 Å². The van der Waals surface area contributed by atoms with Gasteiger partial charge in [-0.15, -0.1) is 3.89 Å². The number of benzene rings is 1. The largest absolute Gasteiger partial charge is 0.332 e. The van der Waals surface area contributed by atoms with E-state index in [0.717, 1.165) is 49.9 Å². The van der Waals surface area contributed by atoms with E-state index in [-0.39, 0.29) is 10.9 Å². The molecule has 0 radical (unpaired) electrons. The molecule has 0 amide bonds. The van der Waals surface area contributed by atoms with Gasteiger partial charge in [0.2, 0.25) is 10.0 Å². The van der Waals surface area contributed by atoms with Gasteiger partial charge in [-0.3, -0.25) is 0 Å². The van der Waals surface area contributed by atoms with Crippen molar-refractivity contribution >= 4 is 20.2 Å². The van der Waals surface area contributed by atoms with Crippen molar-refractivity contribution in [1.29, 1.82) is 0 Å². The molecule has 0 unspecified atom stereocenters. The second-order valence-corrected chi connectivity index (χ2v) is 8.21. The molecule has 5 nitrogen and oxygen atoms in total. The van der Waals surface area contributed by atoms with Crippen LogP contribution in [0.1, 0.15) is 25.7 Å². The lowest BCUT2D eigenvalue weighted by atomic mass is 10.3. The van der Waals surface area contributed by atoms with Crippen LogP contribution in [-0.2, 0) is 20.2 Å². The maximum absolute atomic E-state index is 12.8. The van der Waals surface area contributed by atoms with Crippen LogP contribution in [0.3, 0.4) is 0 Å². The smallest absolute Gasteiger partial charge is 0.207 e. The van der Waals surface area contributed by atoms with Crippen LogP contribution in [0.15, 0.2) is 34.1 Å². The molecule has 1 fully saturated rings. The van der Waals surface area contributed by atoms with Crippen LogP contribution in [0.4, 0.5) is 3.89 Å². The van der Waals surface area contributed by atoms with Crippen molar-refractivity contribution in [1.82, 2.24) is 4.31 Å². The molecule has 112 valence electrons. The minimum atomic E-state index is -4.81. The topological polar surface area (TPSA) is 71.5 Å². The van der Waals surface area contributed by atoms with Gasteiger partial charge in [-0.25, -0.2) is 8.42 Å². The van der Waals surface area contributed by atoms with E-state index in [1.54, 1.807) is 0 Å². The fraction of sp³-hybridized carbons (Fsp3) is 0.500. The Morgan fingerprint density at radius 2 is 1.45 bits per heavy atom. The molecule has 1 aromatic rings. The average Bonchev–Trinajstić information content (AvgIpc) is 2.90. The van der Waals surface area contributed by atoms with E-state index in [4.69, 9.17) is 0 Å². The summed E-state index contributed by atoms with van der Waals surface area (Å²) in [4.78, 5) is -0.570. The van der Waals surface area contributed by atoms with E-state index >= 15 is 0 Å². The molecule has 2 rings (SSSR count). The molecule has 0 atom stereocenters. The summed E-state index contributed by atoms with van der Waals surface area (Å²) in [5, 5.41) is 0. The van der Waals surface area contributed by atoms with Crippen LogP contribution >= 0.6 is 0 Å². The second-order valence-electron chi connectivity index (χ2n) is 4.87. The first-order chi connectivity index (χ1) is 9.23. The molecule has 0 bridgehead atoms. The maximum atomic E-state index is 12.8. The van der Waals surface area contributed by atoms with E-state index < -0.39 is 25.1 Å². The highest BCUT2D eigenvalue weighted by molar-refractivity contribution is 7.89. The highest BCUT2D eigenvalue weighted by Gasteiger charge is 2.30. The van der Waals surface area contributed by atoms with Crippen molar-refractivity contribution in [3.05, 3.63) is 24.3 Å². The Morgan fingerprint density at radius 1 is 1.00 bits per heavy atom. The molecule has 0 N–H and O–H groups in total. The third kappa shape index (κ3) is 3.02. The Hall–Kier alpha value is -0.990. The van der Waals surface area contributed by atoms with Gasteiger partial charge < -0.3 is 0 Å². The Balaban J connectivity index is 2.30. The zero-order chi connectivity index (χ0) is 15.0. The Bertz CT molecular complexity index is 677. The van der Waals surface area contributed by atoms with Crippen LogP contribution in [0.5, 0.6) is 0 Å². The molecule has 0 aromatic heterocycles. The number of halogens is 1. The summed E-state index contributed by atoms with van der Waals surface area (Å²) in [5.74, 6) is 0. The minimum Gasteiger partial charge on any atom is -0.207 e. The molecule has 20 heavy (non-hydrogen) atoms. The van der Waals surface area contributed by atoms with Gasteiger partial charge in [0.15, 0.2) is 0 Å². The fourth-order valence-electron chi connectivity index (χ4n) is 2.40. The minimum absolute atomic E-state index is 0.0235. The van der Waals surface area contributed by atoms with Gasteiger partial charge in [-0.2, -0.15) is 12.7 Å². The number of hydrogen-bond acceptors (Lipinski definition) is 4. The van der Waals surface area contributed by atoms with Crippen LogP contribution in [-0.4, -0.2) is 34.2 Å². The SMILES string of the molecule is CN(C1CCCC1)S(=O)(=O)c1ccc(S(=O)(=O)F)cc1. The van der Waals surface area contributed by atoms with Gasteiger partial charge in [-0.1, -0.05) is 12.8 Å². The normalized spacial score (nSPS) is 17.8. The lowest BCUT2D eigenvalue weighted by Crippen LogP contribution is -2.35. The molecule has 0 saturated heterocycles. The summed E-state index contributed by atoms with van der Waals surface area (Å²) in [6, 6.07) is 4.14. The standard InChI is InChI=1S/C12H16FNO4S2/c1-14(10-4-2-3-5-10)20(17,18)12-8-6-11(7-9-12)19(13,15)16/h6-10H,2-5H2,1H3. The molecule has 0 aliphatic heterocycles. The number of rotatable bonds is 4. The highest BCUT2D eigenvalue weighted by atomic mass is 32.3. The summed E-state index contributed by atoms with van der Waals surface area (Å²) < 4.78 is 60.2. The predicted octanol–water partition coefficient (Wildman–Crippen LogP) is 1.91. The predicted molar refractivity (Wildman–Crippen MR) is 71.9 cm³/mol. The highest BCUT2D eigenvalue weighted by Crippen LogP contribution is 2.27. The Morgan fingerprint density at radius 3 is 1.90 bits per heavy atom. The van der Waals surface area contributed by atoms with E-state index in [1.807, 2.05) is 0 Å². The van der Waals surface area contributed by atoms with Crippen molar-refractivity contribution in [2.75, 3.05) is 7.05 Å². The van der Waals surface area contributed by atoms with Crippen molar-refractivity contribution in [3.63, 3.8) is 0 Å². The monoisotopic (exact) mass is 321 g/mol. The first-order valence-corrected chi connectivity index (χ1v) is 9.08. The lowest BCUT2D eigenvalue weighted by molar-refractivity contribution is 0.373. The van der Waals surface area contributed by atoms with E-state index in [2.05, 4.69) is 0 Å². The molecule has 1 saturated carbocycles. The first-order valence-electron chi connectivity index (χ1n) is 6.26.